The number of ether oxygens (including phenoxy) is 1. The van der Waals surface area contributed by atoms with Crippen LogP contribution < -0.4 is 0 Å². The highest BCUT2D eigenvalue weighted by Gasteiger charge is 2.13. The van der Waals surface area contributed by atoms with Gasteiger partial charge in [0.1, 0.15) is 5.03 Å². The predicted molar refractivity (Wildman–Crippen MR) is 106 cm³/mol. The van der Waals surface area contributed by atoms with Crippen molar-refractivity contribution in [3.63, 3.8) is 0 Å². The predicted octanol–water partition coefficient (Wildman–Crippen LogP) is 4.85. The molecule has 0 atom stereocenters. The Balaban J connectivity index is 1.94. The third-order valence-electron chi connectivity index (χ3n) is 4.34. The Labute approximate surface area is 158 Å². The van der Waals surface area contributed by atoms with Crippen LogP contribution in [-0.4, -0.2) is 29.3 Å². The van der Waals surface area contributed by atoms with Gasteiger partial charge in [0.25, 0.3) is 0 Å². The van der Waals surface area contributed by atoms with E-state index in [1.165, 1.54) is 30.0 Å². The first-order chi connectivity index (χ1) is 12.5. The Hall–Kier alpha value is -2.40. The molecule has 2 heterocycles. The lowest BCUT2D eigenvalue weighted by Crippen LogP contribution is -2.05. The van der Waals surface area contributed by atoms with Gasteiger partial charge in [-0.15, -0.1) is 11.8 Å². The number of carbonyl (C=O) groups is 1. The third kappa shape index (κ3) is 3.88. The molecule has 0 bridgehead atoms. The number of fused-ring (bicyclic) bond motifs is 1. The quantitative estimate of drug-likeness (QED) is 0.477. The molecule has 0 aliphatic rings. The zero-order chi connectivity index (χ0) is 18.7. The minimum Gasteiger partial charge on any atom is -0.464 e. The minimum absolute atomic E-state index is 0.286. The van der Waals surface area contributed by atoms with Gasteiger partial charge in [-0.1, -0.05) is 38.1 Å². The van der Waals surface area contributed by atoms with E-state index in [9.17, 15) is 4.79 Å². The van der Waals surface area contributed by atoms with Crippen molar-refractivity contribution < 1.29 is 9.53 Å². The molecule has 0 aliphatic carbocycles. The molecule has 4 nitrogen and oxygen atoms in total. The molecular weight excluding hydrogens is 344 g/mol. The molecule has 3 rings (SSSR count). The smallest absolute Gasteiger partial charge is 0.356 e. The van der Waals surface area contributed by atoms with Crippen LogP contribution in [0.25, 0.3) is 10.9 Å². The Morgan fingerprint density at radius 1 is 1.15 bits per heavy atom. The van der Waals surface area contributed by atoms with E-state index in [1.54, 1.807) is 6.07 Å². The van der Waals surface area contributed by atoms with Gasteiger partial charge in [0, 0.05) is 11.6 Å². The molecule has 0 unspecified atom stereocenters. The van der Waals surface area contributed by atoms with Gasteiger partial charge in [-0.05, 0) is 47.4 Å². The van der Waals surface area contributed by atoms with E-state index in [0.717, 1.165) is 27.9 Å². The number of rotatable bonds is 5. The lowest BCUT2D eigenvalue weighted by Gasteiger charge is -2.09. The molecule has 26 heavy (non-hydrogen) atoms. The fourth-order valence-corrected chi connectivity index (χ4v) is 3.43. The van der Waals surface area contributed by atoms with E-state index < -0.39 is 5.97 Å². The first-order valence-electron chi connectivity index (χ1n) is 8.52. The van der Waals surface area contributed by atoms with E-state index in [1.807, 2.05) is 12.5 Å². The second kappa shape index (κ2) is 7.87. The summed E-state index contributed by atoms with van der Waals surface area (Å²) in [5, 5.41) is 1.74. The fraction of sp³-hybridized carbons (Fsp3) is 0.286. The Morgan fingerprint density at radius 3 is 2.50 bits per heavy atom. The van der Waals surface area contributed by atoms with E-state index in [2.05, 4.69) is 54.1 Å². The maximum absolute atomic E-state index is 11.8. The van der Waals surface area contributed by atoms with Crippen LogP contribution in [0, 0.1) is 0 Å². The zero-order valence-electron chi connectivity index (χ0n) is 15.4. The topological polar surface area (TPSA) is 52.1 Å². The summed E-state index contributed by atoms with van der Waals surface area (Å²) in [6.07, 6.45) is 4.62. The van der Waals surface area contributed by atoms with Crippen LogP contribution >= 0.6 is 11.8 Å². The monoisotopic (exact) mass is 366 g/mol. The van der Waals surface area contributed by atoms with Crippen molar-refractivity contribution in [2.24, 2.45) is 0 Å². The normalized spacial score (nSPS) is 11.1. The summed E-state index contributed by atoms with van der Waals surface area (Å²) in [5.74, 6) is 0.0870. The summed E-state index contributed by atoms with van der Waals surface area (Å²) >= 11 is 1.50. The highest BCUT2D eigenvalue weighted by molar-refractivity contribution is 7.98. The second-order valence-corrected chi connectivity index (χ2v) is 7.29. The molecule has 2 aromatic heterocycles. The molecule has 0 amide bonds. The number of thioether (sulfide) groups is 1. The van der Waals surface area contributed by atoms with E-state index >= 15 is 0 Å². The molecule has 3 aromatic rings. The SMILES string of the molecule is COC(=O)c1cc2ncc(Cc3ccc(C(C)C)cc3)cc2c(SC)n1. The number of benzene rings is 1. The largest absolute Gasteiger partial charge is 0.464 e. The number of hydrogen-bond donors (Lipinski definition) is 0. The van der Waals surface area contributed by atoms with Gasteiger partial charge < -0.3 is 4.74 Å². The van der Waals surface area contributed by atoms with Crippen LogP contribution in [0.5, 0.6) is 0 Å². The van der Waals surface area contributed by atoms with E-state index in [4.69, 9.17) is 4.74 Å². The number of carbonyl (C=O) groups excluding carboxylic acids is 1. The number of pyridine rings is 2. The maximum atomic E-state index is 11.8. The Kier molecular flexibility index (Phi) is 5.57. The average molecular weight is 366 g/mol. The van der Waals surface area contributed by atoms with Crippen LogP contribution in [-0.2, 0) is 11.2 Å². The van der Waals surface area contributed by atoms with Crippen molar-refractivity contribution in [2.75, 3.05) is 13.4 Å². The van der Waals surface area contributed by atoms with Crippen LogP contribution in [0.1, 0.15) is 46.9 Å². The zero-order valence-corrected chi connectivity index (χ0v) is 16.3. The lowest BCUT2D eigenvalue weighted by molar-refractivity contribution is 0.0593. The van der Waals surface area contributed by atoms with Crippen LogP contribution in [0.4, 0.5) is 0 Å². The van der Waals surface area contributed by atoms with E-state index in [-0.39, 0.29) is 5.69 Å². The molecule has 0 N–H and O–H groups in total. The first kappa shape index (κ1) is 18.4. The molecule has 0 saturated carbocycles. The average Bonchev–Trinajstić information content (AvgIpc) is 2.66. The standard InChI is InChI=1S/C21H22N2O2S/c1-13(2)16-7-5-14(6-8-16)9-15-10-17-18(22-12-15)11-19(21(24)25-3)23-20(17)26-4/h5-8,10-13H,9H2,1-4H3. The minimum atomic E-state index is -0.446. The van der Waals surface area contributed by atoms with Crippen molar-refractivity contribution in [3.05, 3.63) is 65.0 Å². The van der Waals surface area contributed by atoms with Gasteiger partial charge in [-0.2, -0.15) is 0 Å². The highest BCUT2D eigenvalue weighted by Crippen LogP contribution is 2.26. The summed E-state index contributed by atoms with van der Waals surface area (Å²) in [6.45, 7) is 4.39. The molecule has 0 spiro atoms. The van der Waals surface area contributed by atoms with Gasteiger partial charge >= 0.3 is 5.97 Å². The number of methoxy groups -OCH3 is 1. The van der Waals surface area contributed by atoms with Crippen molar-refractivity contribution in [3.8, 4) is 0 Å². The third-order valence-corrected chi connectivity index (χ3v) is 5.04. The summed E-state index contributed by atoms with van der Waals surface area (Å²) in [7, 11) is 1.36. The maximum Gasteiger partial charge on any atom is 0.356 e. The van der Waals surface area contributed by atoms with Gasteiger partial charge in [-0.3, -0.25) is 4.98 Å². The van der Waals surface area contributed by atoms with E-state index in [0.29, 0.717) is 5.92 Å². The van der Waals surface area contributed by atoms with Gasteiger partial charge in [-0.25, -0.2) is 9.78 Å². The molecule has 0 radical (unpaired) electrons. The van der Waals surface area contributed by atoms with Gasteiger partial charge in [0.2, 0.25) is 0 Å². The Morgan fingerprint density at radius 2 is 1.88 bits per heavy atom. The van der Waals surface area contributed by atoms with Crippen molar-refractivity contribution in [2.45, 2.75) is 31.2 Å². The number of nitrogens with zero attached hydrogens (tertiary/aromatic N) is 2. The molecule has 5 heteroatoms. The molecule has 134 valence electrons. The summed E-state index contributed by atoms with van der Waals surface area (Å²) in [4.78, 5) is 20.8. The van der Waals surface area contributed by atoms with Crippen LogP contribution in [0.2, 0.25) is 0 Å². The highest BCUT2D eigenvalue weighted by atomic mass is 32.2. The summed E-state index contributed by atoms with van der Waals surface area (Å²) < 4.78 is 4.78. The van der Waals surface area contributed by atoms with Gasteiger partial charge in [0.05, 0.1) is 12.6 Å². The molecule has 0 saturated heterocycles. The van der Waals surface area contributed by atoms with Crippen molar-refractivity contribution in [1.29, 1.82) is 0 Å². The summed E-state index contributed by atoms with van der Waals surface area (Å²) in [5.41, 5.74) is 4.75. The number of esters is 1. The van der Waals surface area contributed by atoms with Crippen molar-refractivity contribution >= 4 is 28.6 Å². The molecule has 0 fully saturated rings. The lowest BCUT2D eigenvalue weighted by atomic mass is 9.99. The van der Waals surface area contributed by atoms with Crippen LogP contribution in [0.15, 0.2) is 47.6 Å². The Bertz CT molecular complexity index is 937. The second-order valence-electron chi connectivity index (χ2n) is 6.49. The van der Waals surface area contributed by atoms with Gasteiger partial charge in [0.15, 0.2) is 5.69 Å². The fourth-order valence-electron chi connectivity index (χ4n) is 2.85. The number of hydrogen-bond acceptors (Lipinski definition) is 5. The molecule has 0 aliphatic heterocycles. The molecular formula is C21H22N2O2S. The van der Waals surface area contributed by atoms with Crippen molar-refractivity contribution in [1.82, 2.24) is 9.97 Å². The first-order valence-corrected chi connectivity index (χ1v) is 9.75. The number of aromatic nitrogens is 2. The summed E-state index contributed by atoms with van der Waals surface area (Å²) in [6, 6.07) is 12.5. The van der Waals surface area contributed by atoms with Crippen LogP contribution in [0.3, 0.4) is 0 Å². The molecule has 1 aromatic carbocycles.